The summed E-state index contributed by atoms with van der Waals surface area (Å²) >= 11 is 0. The van der Waals surface area contributed by atoms with E-state index < -0.39 is 5.41 Å². The molecule has 3 aliphatic rings. The molecule has 7 rings (SSSR count). The molecule has 47 heavy (non-hydrogen) atoms. The first kappa shape index (κ1) is 31.2. The molecule has 5 heterocycles. The zero-order chi connectivity index (χ0) is 32.2. The van der Waals surface area contributed by atoms with E-state index in [2.05, 4.69) is 54.2 Å². The molecular weight excluding hydrogens is 594 g/mol. The molecule has 0 spiro atoms. The van der Waals surface area contributed by atoms with Gasteiger partial charge in [-0.2, -0.15) is 5.10 Å². The fourth-order valence-corrected chi connectivity index (χ4v) is 7.07. The fraction of sp³-hybridized carbons (Fsp3) is 0.417. The molecule has 0 radical (unpaired) electrons. The second-order valence-corrected chi connectivity index (χ2v) is 12.8. The standard InChI is InChI=1S/C36H41N7O4/c1-46-25-36(32(44)22-26-3-8-31-30(21-26)35(40-39-31)43-17-19-47-20-18-43)11-16-41(24-36)23-33(45)42-14-9-28(10-15-42)27-4-6-29(7-5-27)34-37-12-2-13-38-34/h2-9,12-13,21H,10-11,14-20,22-25H2,1H3,(H,39,40)/t36-/m1/s1. The Kier molecular flexibility index (Phi) is 9.10. The molecule has 2 saturated heterocycles. The topological polar surface area (TPSA) is 117 Å². The quantitative estimate of drug-likeness (QED) is 0.279. The van der Waals surface area contributed by atoms with Crippen molar-refractivity contribution in [1.82, 2.24) is 30.0 Å². The van der Waals surface area contributed by atoms with Crippen LogP contribution in [0.2, 0.25) is 0 Å². The summed E-state index contributed by atoms with van der Waals surface area (Å²) in [5, 5.41) is 8.71. The van der Waals surface area contributed by atoms with Gasteiger partial charge in [0.05, 0.1) is 37.3 Å². The molecule has 2 fully saturated rings. The number of amides is 1. The lowest BCUT2D eigenvalue weighted by Gasteiger charge is -2.30. The number of anilines is 1. The fourth-order valence-electron chi connectivity index (χ4n) is 7.07. The number of H-pyrrole nitrogens is 1. The van der Waals surface area contributed by atoms with Gasteiger partial charge in [-0.25, -0.2) is 9.97 Å². The van der Waals surface area contributed by atoms with Crippen molar-refractivity contribution in [3.8, 4) is 11.4 Å². The van der Waals surface area contributed by atoms with Gasteiger partial charge < -0.3 is 19.3 Å². The number of hydrogen-bond acceptors (Lipinski definition) is 9. The first-order valence-corrected chi connectivity index (χ1v) is 16.4. The third kappa shape index (κ3) is 6.69. The van der Waals surface area contributed by atoms with Crippen LogP contribution in [0.15, 0.2) is 67.0 Å². The monoisotopic (exact) mass is 635 g/mol. The van der Waals surface area contributed by atoms with Crippen molar-refractivity contribution in [2.24, 2.45) is 5.41 Å². The van der Waals surface area contributed by atoms with Crippen molar-refractivity contribution in [3.63, 3.8) is 0 Å². The number of hydrogen-bond donors (Lipinski definition) is 1. The molecule has 0 aliphatic carbocycles. The van der Waals surface area contributed by atoms with Gasteiger partial charge in [0.1, 0.15) is 5.78 Å². The number of ether oxygens (including phenoxy) is 2. The summed E-state index contributed by atoms with van der Waals surface area (Å²) in [7, 11) is 1.65. The lowest BCUT2D eigenvalue weighted by Crippen LogP contribution is -2.44. The van der Waals surface area contributed by atoms with E-state index in [4.69, 9.17) is 9.47 Å². The zero-order valence-electron chi connectivity index (χ0n) is 26.9. The van der Waals surface area contributed by atoms with Crippen molar-refractivity contribution in [1.29, 1.82) is 0 Å². The van der Waals surface area contributed by atoms with Crippen LogP contribution in [0.4, 0.5) is 5.82 Å². The Morgan fingerprint density at radius 2 is 1.79 bits per heavy atom. The van der Waals surface area contributed by atoms with Gasteiger partial charge in [0.25, 0.3) is 0 Å². The number of aromatic nitrogens is 4. The minimum atomic E-state index is -0.640. The number of Topliss-reactive ketones (excluding diaryl/α,β-unsaturated/α-hetero) is 1. The lowest BCUT2D eigenvalue weighted by atomic mass is 9.80. The number of rotatable bonds is 10. The van der Waals surface area contributed by atoms with Crippen molar-refractivity contribution in [2.45, 2.75) is 19.3 Å². The molecule has 11 heteroatoms. The Labute approximate surface area is 274 Å². The van der Waals surface area contributed by atoms with Crippen LogP contribution < -0.4 is 4.90 Å². The van der Waals surface area contributed by atoms with Crippen LogP contribution in [-0.4, -0.2) is 114 Å². The smallest absolute Gasteiger partial charge is 0.237 e. The molecule has 4 aromatic rings. The molecule has 3 aliphatic heterocycles. The van der Waals surface area contributed by atoms with Crippen molar-refractivity contribution in [3.05, 3.63) is 78.1 Å². The van der Waals surface area contributed by atoms with Crippen LogP contribution in [0.3, 0.4) is 0 Å². The normalized spacial score (nSPS) is 20.5. The highest BCUT2D eigenvalue weighted by molar-refractivity contribution is 5.93. The number of nitrogens with one attached hydrogen (secondary N) is 1. The summed E-state index contributed by atoms with van der Waals surface area (Å²) in [5.74, 6) is 1.87. The molecule has 1 amide bonds. The number of nitrogens with zero attached hydrogens (tertiary/aromatic N) is 6. The summed E-state index contributed by atoms with van der Waals surface area (Å²) in [6.45, 7) is 6.06. The molecule has 0 saturated carbocycles. The Morgan fingerprint density at radius 1 is 1.00 bits per heavy atom. The van der Waals surface area contributed by atoms with Gasteiger partial charge in [-0.05, 0) is 54.3 Å². The average Bonchev–Trinajstić information content (AvgIpc) is 3.74. The van der Waals surface area contributed by atoms with E-state index in [9.17, 15) is 9.59 Å². The number of carbonyl (C=O) groups is 2. The minimum Gasteiger partial charge on any atom is -0.384 e. The predicted octanol–water partition coefficient (Wildman–Crippen LogP) is 3.62. The molecule has 2 aromatic carbocycles. The number of fused-ring (bicyclic) bond motifs is 1. The van der Waals surface area contributed by atoms with Gasteiger partial charge >= 0.3 is 0 Å². The Hall–Kier alpha value is -4.45. The molecule has 1 N–H and O–H groups in total. The van der Waals surface area contributed by atoms with Crippen LogP contribution in [-0.2, 0) is 25.5 Å². The highest BCUT2D eigenvalue weighted by Crippen LogP contribution is 2.34. The van der Waals surface area contributed by atoms with Gasteiger partial charge in [-0.3, -0.25) is 19.6 Å². The van der Waals surface area contributed by atoms with E-state index >= 15 is 0 Å². The van der Waals surface area contributed by atoms with Crippen LogP contribution in [0.1, 0.15) is 24.0 Å². The van der Waals surface area contributed by atoms with E-state index in [0.29, 0.717) is 71.2 Å². The van der Waals surface area contributed by atoms with Crippen molar-refractivity contribution >= 4 is 34.0 Å². The Balaban J connectivity index is 0.961. The summed E-state index contributed by atoms with van der Waals surface area (Å²) in [6, 6.07) is 16.2. The molecule has 244 valence electrons. The summed E-state index contributed by atoms with van der Waals surface area (Å²) in [4.78, 5) is 42.2. The van der Waals surface area contributed by atoms with Crippen LogP contribution in [0, 0.1) is 5.41 Å². The maximum absolute atomic E-state index is 13.9. The first-order chi connectivity index (χ1) is 23.0. The third-order valence-corrected chi connectivity index (χ3v) is 9.73. The molecule has 1 atom stereocenters. The number of carbonyl (C=O) groups excluding carboxylic acids is 2. The van der Waals surface area contributed by atoms with Crippen molar-refractivity contribution < 1.29 is 19.1 Å². The van der Waals surface area contributed by atoms with E-state index in [1.807, 2.05) is 35.2 Å². The minimum absolute atomic E-state index is 0.0959. The molecular formula is C36H41N7O4. The highest BCUT2D eigenvalue weighted by atomic mass is 16.5. The number of benzene rings is 2. The van der Waals surface area contributed by atoms with Crippen LogP contribution in [0.25, 0.3) is 27.9 Å². The third-order valence-electron chi connectivity index (χ3n) is 9.73. The Bertz CT molecular complexity index is 1750. The first-order valence-electron chi connectivity index (χ1n) is 16.4. The number of methoxy groups -OCH3 is 1. The zero-order valence-corrected chi connectivity index (χ0v) is 26.9. The largest absolute Gasteiger partial charge is 0.384 e. The van der Waals surface area contributed by atoms with Gasteiger partial charge in [0.2, 0.25) is 5.91 Å². The number of morpholine rings is 1. The highest BCUT2D eigenvalue weighted by Gasteiger charge is 2.44. The SMILES string of the molecule is COC[C@@]1(C(=O)Cc2ccc3[nH]nc(N4CCOCC4)c3c2)CCN(CC(=O)N2CC=C(c3ccc(-c4ncccn4)cc3)CC2)C1. The molecule has 0 unspecified atom stereocenters. The molecule has 11 nitrogen and oxygen atoms in total. The van der Waals surface area contributed by atoms with Gasteiger partial charge in [0.15, 0.2) is 11.6 Å². The number of likely N-dealkylation sites (tertiary alicyclic amines) is 1. The predicted molar refractivity (Wildman–Crippen MR) is 180 cm³/mol. The van der Waals surface area contributed by atoms with Gasteiger partial charge in [-0.15, -0.1) is 0 Å². The van der Waals surface area contributed by atoms with Crippen LogP contribution >= 0.6 is 0 Å². The van der Waals surface area contributed by atoms with Crippen LogP contribution in [0.5, 0.6) is 0 Å². The second kappa shape index (κ2) is 13.7. The molecule has 0 bridgehead atoms. The Morgan fingerprint density at radius 3 is 2.53 bits per heavy atom. The average molecular weight is 636 g/mol. The van der Waals surface area contributed by atoms with Crippen molar-refractivity contribution in [2.75, 3.05) is 77.6 Å². The number of aromatic amines is 1. The summed E-state index contributed by atoms with van der Waals surface area (Å²) in [6.07, 6.45) is 7.43. The van der Waals surface area contributed by atoms with E-state index in [1.54, 1.807) is 19.5 Å². The second-order valence-electron chi connectivity index (χ2n) is 12.8. The molecule has 2 aromatic heterocycles. The van der Waals surface area contributed by atoms with Gasteiger partial charge in [-0.1, -0.05) is 36.4 Å². The summed E-state index contributed by atoms with van der Waals surface area (Å²) in [5.41, 5.74) is 4.65. The van der Waals surface area contributed by atoms with E-state index in [-0.39, 0.29) is 11.7 Å². The lowest BCUT2D eigenvalue weighted by molar-refractivity contribution is -0.134. The maximum Gasteiger partial charge on any atom is 0.237 e. The van der Waals surface area contributed by atoms with E-state index in [0.717, 1.165) is 52.9 Å². The van der Waals surface area contributed by atoms with Gasteiger partial charge in [0, 0.05) is 69.6 Å². The maximum atomic E-state index is 13.9. The number of ketones is 1. The van der Waals surface area contributed by atoms with E-state index in [1.165, 1.54) is 5.57 Å². The summed E-state index contributed by atoms with van der Waals surface area (Å²) < 4.78 is 11.1.